The molecule has 2 fully saturated rings. The first-order valence-electron chi connectivity index (χ1n) is 25.5. The number of para-hydroxylation sites is 1. The Kier molecular flexibility index (Phi) is 16.4. The van der Waals surface area contributed by atoms with E-state index in [1.165, 1.54) is 83.1 Å². The normalized spacial score (nSPS) is 20.0. The number of aryl methyl sites for hydroxylation is 1. The van der Waals surface area contributed by atoms with Gasteiger partial charge in [0.15, 0.2) is 27.6 Å². The highest BCUT2D eigenvalue weighted by atomic mass is 35.5. The fourth-order valence-corrected chi connectivity index (χ4v) is 11.7. The summed E-state index contributed by atoms with van der Waals surface area (Å²) in [5.41, 5.74) is 8.12. The molecule has 1 aromatic heterocycles. The number of nitrogens with zero attached hydrogens (tertiary/aromatic N) is 11. The molecule has 0 saturated carbocycles. The molecule has 7 aromatic rings. The number of hydrazine groups is 1. The van der Waals surface area contributed by atoms with E-state index < -0.39 is 24.2 Å². The molecule has 82 heavy (non-hydrogen) atoms. The maximum absolute atomic E-state index is 12.9. The van der Waals surface area contributed by atoms with Gasteiger partial charge in [-0.25, -0.2) is 14.7 Å². The molecule has 3 atom stereocenters. The van der Waals surface area contributed by atoms with Crippen molar-refractivity contribution in [2.75, 3.05) is 33.0 Å². The lowest BCUT2D eigenvalue weighted by Crippen LogP contribution is -2.50. The van der Waals surface area contributed by atoms with Crippen LogP contribution >= 0.6 is 35.1 Å². The molecular weight excluding hydrogens is 1130 g/mol. The van der Waals surface area contributed by atoms with Gasteiger partial charge in [0, 0.05) is 34.7 Å². The highest BCUT2D eigenvalue weighted by Crippen LogP contribution is 2.45. The Morgan fingerprint density at radius 1 is 0.756 bits per heavy atom. The van der Waals surface area contributed by atoms with Crippen molar-refractivity contribution in [2.45, 2.75) is 70.6 Å². The van der Waals surface area contributed by atoms with Crippen molar-refractivity contribution in [3.8, 4) is 28.6 Å². The number of halogens is 7. The number of rotatable bonds is 16. The molecule has 3 aliphatic rings. The molecule has 25 heteroatoms. The van der Waals surface area contributed by atoms with Gasteiger partial charge in [0.1, 0.15) is 30.3 Å². The molecule has 0 spiro atoms. The van der Waals surface area contributed by atoms with Crippen molar-refractivity contribution < 1.29 is 46.0 Å². The summed E-state index contributed by atoms with van der Waals surface area (Å²) in [6.07, 6.45) is -3.99. The fourth-order valence-electron chi connectivity index (χ4n) is 9.26. The fraction of sp³-hybridized carbons (Fsp3) is 0.246. The van der Waals surface area contributed by atoms with Gasteiger partial charge < -0.3 is 19.7 Å². The van der Waals surface area contributed by atoms with Crippen LogP contribution in [-0.4, -0.2) is 95.9 Å². The maximum Gasteiger partial charge on any atom is 0.573 e. The lowest BCUT2D eigenvalue weighted by atomic mass is 9.92. The topological polar surface area (TPSA) is 173 Å². The van der Waals surface area contributed by atoms with E-state index in [9.17, 15) is 36.6 Å². The Hall–Kier alpha value is -7.90. The lowest BCUT2D eigenvalue weighted by Gasteiger charge is -2.36. The summed E-state index contributed by atoms with van der Waals surface area (Å²) in [4.78, 5) is 12.5. The van der Waals surface area contributed by atoms with E-state index in [0.29, 0.717) is 55.4 Å². The van der Waals surface area contributed by atoms with Crippen LogP contribution in [0.1, 0.15) is 66.5 Å². The second kappa shape index (κ2) is 23.5. The summed E-state index contributed by atoms with van der Waals surface area (Å²) in [7, 11) is 0. The number of aliphatic imine (C=N–C) groups is 1. The lowest BCUT2D eigenvalue weighted by molar-refractivity contribution is -0.275. The zero-order valence-electron chi connectivity index (χ0n) is 44.1. The van der Waals surface area contributed by atoms with Crippen LogP contribution in [0.2, 0.25) is 5.02 Å². The summed E-state index contributed by atoms with van der Waals surface area (Å²) < 4.78 is 85.3. The molecule has 0 radical (unpaired) electrons. The predicted molar refractivity (Wildman–Crippen MR) is 311 cm³/mol. The van der Waals surface area contributed by atoms with Crippen LogP contribution in [0.15, 0.2) is 165 Å². The Bertz CT molecular complexity index is 3580. The minimum Gasteiger partial charge on any atom is -0.406 e. The van der Waals surface area contributed by atoms with E-state index in [-0.39, 0.29) is 36.3 Å². The minimum atomic E-state index is -4.80. The quantitative estimate of drug-likeness (QED) is 0.0475. The highest BCUT2D eigenvalue weighted by molar-refractivity contribution is 8.15. The third-order valence-electron chi connectivity index (χ3n) is 13.4. The summed E-state index contributed by atoms with van der Waals surface area (Å²) in [6, 6.07) is 37.0. The third-order valence-corrected chi connectivity index (χ3v) is 16.1. The Morgan fingerprint density at radius 2 is 1.34 bits per heavy atom. The van der Waals surface area contributed by atoms with Crippen molar-refractivity contribution in [1.29, 1.82) is 0 Å². The number of ether oxygens (including phenoxy) is 2. The molecule has 0 bridgehead atoms. The number of aliphatic hydroxyl groups is 2. The zero-order valence-corrected chi connectivity index (χ0v) is 46.5. The Labute approximate surface area is 480 Å². The number of hydrogen-bond donors (Lipinski definition) is 3. The number of benzene rings is 6. The molecular formula is C57H51ClF6N12O4S2. The van der Waals surface area contributed by atoms with Crippen LogP contribution < -0.4 is 29.7 Å². The number of thioether (sulfide) groups is 2. The molecule has 6 aromatic carbocycles. The molecule has 2 saturated heterocycles. The maximum atomic E-state index is 12.9. The summed E-state index contributed by atoms with van der Waals surface area (Å²) in [6.45, 7) is 8.09. The van der Waals surface area contributed by atoms with Crippen LogP contribution in [0.3, 0.4) is 0 Å². The summed E-state index contributed by atoms with van der Waals surface area (Å²) >= 11 is 9.65. The minimum absolute atomic E-state index is 0.0798. The van der Waals surface area contributed by atoms with Gasteiger partial charge in [-0.1, -0.05) is 122 Å². The number of aromatic nitrogens is 3. The van der Waals surface area contributed by atoms with Crippen LogP contribution in [-0.2, 0) is 6.42 Å². The molecule has 424 valence electrons. The SMILES string of the molecule is CCC(C)c1ccc(CC2(O)CS/C(=N/N=C\c3ccc(C4=NCN(c5ccc(OC(F)(F)F)cc5)N4)cc3)N2c2c(C)cccc2Cl)cc1N1C(=NN=Cc2ccc(-c3ncn(-c4ccc(OC(F)(F)F)cc4)n3)cc2)SCC1(C)O. The number of alkyl halides is 6. The second-order valence-corrected chi connectivity index (χ2v) is 21.8. The van der Waals surface area contributed by atoms with Crippen molar-refractivity contribution in [3.05, 3.63) is 178 Å². The van der Waals surface area contributed by atoms with E-state index in [4.69, 9.17) is 11.6 Å². The summed E-state index contributed by atoms with van der Waals surface area (Å²) in [5.74, 6) is 0.885. The molecule has 3 N–H and O–H groups in total. The van der Waals surface area contributed by atoms with Crippen molar-refractivity contribution in [1.82, 2.24) is 20.2 Å². The standard InChI is InChI=1S/C57H51ClF6N12O4S2/c1-5-35(2)46-26-13-39(27-48(46)75-52(81-31-54(75,4)77)69-67-29-37-9-14-40(15-10-37)50-65-33-73(71-50)42-18-22-44(23-19-42)79-56(59,60)61)28-55(78)32-82-53(76(55)49-36(3)7-6-8-47(49)58)70-68-30-38-11-16-41(17-12-38)51-66-34-74(72-51)43-20-24-45(25-21-43)80-57(62,63)64/h6-27,29-30,33,35,77-78H,5,28,31-32,34H2,1-4H3,(H,66,72)/b67-29?,68-30-,69-52?,70-53+. The van der Waals surface area contributed by atoms with Crippen LogP contribution in [0.5, 0.6) is 11.5 Å². The zero-order chi connectivity index (χ0) is 58.0. The van der Waals surface area contributed by atoms with E-state index in [2.05, 4.69) is 64.2 Å². The smallest absolute Gasteiger partial charge is 0.406 e. The first-order valence-corrected chi connectivity index (χ1v) is 27.8. The Balaban J connectivity index is 0.850. The molecule has 16 nitrogen and oxygen atoms in total. The average molecular weight is 1180 g/mol. The van der Waals surface area contributed by atoms with E-state index >= 15 is 0 Å². The van der Waals surface area contributed by atoms with Crippen LogP contribution in [0.4, 0.5) is 43.4 Å². The van der Waals surface area contributed by atoms with E-state index in [1.54, 1.807) is 40.2 Å². The van der Waals surface area contributed by atoms with Gasteiger partial charge in [0.2, 0.25) is 0 Å². The molecule has 3 aliphatic heterocycles. The van der Waals surface area contributed by atoms with Gasteiger partial charge in [0.05, 0.1) is 34.5 Å². The second-order valence-electron chi connectivity index (χ2n) is 19.5. The number of nitrogens with one attached hydrogen (secondary N) is 1. The van der Waals surface area contributed by atoms with Crippen molar-refractivity contribution in [3.63, 3.8) is 0 Å². The van der Waals surface area contributed by atoms with Gasteiger partial charge >= 0.3 is 12.7 Å². The first kappa shape index (κ1) is 57.3. The van der Waals surface area contributed by atoms with E-state index in [1.807, 2.05) is 85.8 Å². The van der Waals surface area contributed by atoms with E-state index in [0.717, 1.165) is 45.5 Å². The molecule has 10 rings (SSSR count). The van der Waals surface area contributed by atoms with Crippen molar-refractivity contribution in [2.24, 2.45) is 25.4 Å². The van der Waals surface area contributed by atoms with Crippen LogP contribution in [0.25, 0.3) is 17.1 Å². The van der Waals surface area contributed by atoms with Gasteiger partial charge in [-0.05, 0) is 115 Å². The molecule has 3 unspecified atom stereocenters. The van der Waals surface area contributed by atoms with Gasteiger partial charge in [-0.3, -0.25) is 20.2 Å². The summed E-state index contributed by atoms with van der Waals surface area (Å²) in [5, 5.41) is 50.6. The Morgan fingerprint density at radius 3 is 1.94 bits per heavy atom. The third kappa shape index (κ3) is 13.2. The molecule has 0 amide bonds. The van der Waals surface area contributed by atoms with Crippen molar-refractivity contribution >= 4 is 80.8 Å². The predicted octanol–water partition coefficient (Wildman–Crippen LogP) is 12.5. The van der Waals surface area contributed by atoms with Gasteiger partial charge in [0.25, 0.3) is 0 Å². The molecule has 0 aliphatic carbocycles. The number of anilines is 3. The van der Waals surface area contributed by atoms with Gasteiger partial charge in [-0.15, -0.1) is 41.6 Å². The van der Waals surface area contributed by atoms with Crippen LogP contribution in [0, 0.1) is 6.92 Å². The molecule has 4 heterocycles. The number of amidine groups is 3. The van der Waals surface area contributed by atoms with Gasteiger partial charge in [-0.2, -0.15) is 10.2 Å². The average Bonchev–Trinajstić information content (AvgIpc) is 3.78. The first-order chi connectivity index (χ1) is 39.1. The largest absolute Gasteiger partial charge is 0.573 e. The highest BCUT2D eigenvalue weighted by Gasteiger charge is 2.47. The monoisotopic (exact) mass is 1180 g/mol. The number of hydrogen-bond acceptors (Lipinski definition) is 15.